The molecular weight excluding hydrogens is 222 g/mol. The van der Waals surface area contributed by atoms with Crippen molar-refractivity contribution in [1.29, 1.82) is 0 Å². The van der Waals surface area contributed by atoms with E-state index in [1.54, 1.807) is 0 Å². The van der Waals surface area contributed by atoms with Crippen molar-refractivity contribution in [1.82, 2.24) is 9.55 Å². The van der Waals surface area contributed by atoms with Crippen LogP contribution < -0.4 is 5.73 Å². The van der Waals surface area contributed by atoms with Crippen LogP contribution in [0.3, 0.4) is 0 Å². The van der Waals surface area contributed by atoms with Gasteiger partial charge in [0.15, 0.2) is 0 Å². The average Bonchev–Trinajstić information content (AvgIpc) is 2.65. The Morgan fingerprint density at radius 1 is 1.33 bits per heavy atom. The number of rotatable bonds is 4. The summed E-state index contributed by atoms with van der Waals surface area (Å²) in [6.45, 7) is 7.24. The van der Waals surface area contributed by atoms with Crippen molar-refractivity contribution in [2.24, 2.45) is 18.2 Å². The Balaban J connectivity index is 2.39. The smallest absolute Gasteiger partial charge is 0.109 e. The van der Waals surface area contributed by atoms with Crippen molar-refractivity contribution >= 4 is 11.0 Å². The lowest BCUT2D eigenvalue weighted by molar-refractivity contribution is 0.377. The molecule has 0 amide bonds. The SMILES string of the molecule is CCc1nc2cc(CC(C)(C)CN)ccc2n1C. The Hall–Kier alpha value is -1.35. The topological polar surface area (TPSA) is 43.8 Å². The highest BCUT2D eigenvalue weighted by Gasteiger charge is 2.17. The first-order valence-electron chi connectivity index (χ1n) is 6.61. The molecule has 2 aromatic rings. The summed E-state index contributed by atoms with van der Waals surface area (Å²) in [7, 11) is 2.08. The van der Waals surface area contributed by atoms with Gasteiger partial charge >= 0.3 is 0 Å². The highest BCUT2D eigenvalue weighted by Crippen LogP contribution is 2.23. The molecule has 0 aliphatic rings. The lowest BCUT2D eigenvalue weighted by Gasteiger charge is -2.22. The van der Waals surface area contributed by atoms with E-state index in [1.807, 2.05) is 0 Å². The van der Waals surface area contributed by atoms with Crippen molar-refractivity contribution in [2.45, 2.75) is 33.6 Å². The molecule has 0 atom stereocenters. The molecule has 0 fully saturated rings. The Morgan fingerprint density at radius 2 is 2.06 bits per heavy atom. The van der Waals surface area contributed by atoms with Crippen LogP contribution in [0.2, 0.25) is 0 Å². The summed E-state index contributed by atoms with van der Waals surface area (Å²) in [5.41, 5.74) is 9.57. The minimum atomic E-state index is 0.149. The molecule has 0 spiro atoms. The number of nitrogens with two attached hydrogens (primary N) is 1. The van der Waals surface area contributed by atoms with Crippen molar-refractivity contribution in [3.05, 3.63) is 29.6 Å². The zero-order valence-electron chi connectivity index (χ0n) is 11.8. The van der Waals surface area contributed by atoms with Gasteiger partial charge in [-0.1, -0.05) is 26.8 Å². The van der Waals surface area contributed by atoms with Gasteiger partial charge in [-0.25, -0.2) is 4.98 Å². The molecule has 0 radical (unpaired) electrons. The van der Waals surface area contributed by atoms with Crippen LogP contribution in [-0.4, -0.2) is 16.1 Å². The molecule has 0 aliphatic carbocycles. The lowest BCUT2D eigenvalue weighted by atomic mass is 9.86. The van der Waals surface area contributed by atoms with E-state index in [1.165, 1.54) is 11.1 Å². The molecule has 0 bridgehead atoms. The van der Waals surface area contributed by atoms with E-state index >= 15 is 0 Å². The van der Waals surface area contributed by atoms with Gasteiger partial charge in [0, 0.05) is 13.5 Å². The summed E-state index contributed by atoms with van der Waals surface area (Å²) in [5.74, 6) is 1.14. The van der Waals surface area contributed by atoms with Gasteiger partial charge < -0.3 is 10.3 Å². The minimum absolute atomic E-state index is 0.149. The molecule has 0 unspecified atom stereocenters. The van der Waals surface area contributed by atoms with Crippen molar-refractivity contribution < 1.29 is 0 Å². The maximum absolute atomic E-state index is 5.80. The van der Waals surface area contributed by atoms with Crippen LogP contribution in [0, 0.1) is 5.41 Å². The first kappa shape index (κ1) is 13.1. The molecule has 2 rings (SSSR count). The maximum Gasteiger partial charge on any atom is 0.109 e. The molecule has 98 valence electrons. The van der Waals surface area contributed by atoms with Crippen LogP contribution in [-0.2, 0) is 19.9 Å². The predicted molar refractivity (Wildman–Crippen MR) is 76.6 cm³/mol. The fraction of sp³-hybridized carbons (Fsp3) is 0.533. The number of aromatic nitrogens is 2. The zero-order valence-corrected chi connectivity index (χ0v) is 11.8. The molecule has 2 N–H and O–H groups in total. The molecule has 0 saturated heterocycles. The van der Waals surface area contributed by atoms with Crippen LogP contribution >= 0.6 is 0 Å². The lowest BCUT2D eigenvalue weighted by Crippen LogP contribution is -2.25. The maximum atomic E-state index is 5.80. The molecule has 1 aromatic heterocycles. The number of benzene rings is 1. The van der Waals surface area contributed by atoms with Crippen LogP contribution in [0.4, 0.5) is 0 Å². The molecular formula is C15H23N3. The van der Waals surface area contributed by atoms with Crippen LogP contribution in [0.1, 0.15) is 32.2 Å². The highest BCUT2D eigenvalue weighted by molar-refractivity contribution is 5.76. The summed E-state index contributed by atoms with van der Waals surface area (Å²) in [5, 5.41) is 0. The van der Waals surface area contributed by atoms with Crippen LogP contribution in [0.25, 0.3) is 11.0 Å². The molecule has 18 heavy (non-hydrogen) atoms. The Morgan fingerprint density at radius 3 is 2.67 bits per heavy atom. The third kappa shape index (κ3) is 2.41. The predicted octanol–water partition coefficient (Wildman–Crippen LogP) is 2.66. The fourth-order valence-corrected chi connectivity index (χ4v) is 2.35. The standard InChI is InChI=1S/C15H23N3/c1-5-14-17-12-8-11(9-15(2,3)10-16)6-7-13(12)18(14)4/h6-8H,5,9-10,16H2,1-4H3. The summed E-state index contributed by atoms with van der Waals surface area (Å²) in [6.07, 6.45) is 1.96. The first-order chi connectivity index (χ1) is 8.46. The number of aryl methyl sites for hydroxylation is 2. The normalized spacial score (nSPS) is 12.3. The number of nitrogens with zero attached hydrogens (tertiary/aromatic N) is 2. The van der Waals surface area contributed by atoms with Gasteiger partial charge in [0.05, 0.1) is 11.0 Å². The second-order valence-corrected chi connectivity index (χ2v) is 5.81. The summed E-state index contributed by atoms with van der Waals surface area (Å²) in [6, 6.07) is 6.57. The zero-order chi connectivity index (χ0) is 13.3. The first-order valence-corrected chi connectivity index (χ1v) is 6.61. The van der Waals surface area contributed by atoms with Gasteiger partial charge in [0.1, 0.15) is 5.82 Å². The van der Waals surface area contributed by atoms with Crippen molar-refractivity contribution in [2.75, 3.05) is 6.54 Å². The quantitative estimate of drug-likeness (QED) is 0.900. The number of imidazole rings is 1. The van der Waals surface area contributed by atoms with Crippen molar-refractivity contribution in [3.8, 4) is 0 Å². The van der Waals surface area contributed by atoms with Crippen molar-refractivity contribution in [3.63, 3.8) is 0 Å². The largest absolute Gasteiger partial charge is 0.331 e. The van der Waals surface area contributed by atoms with E-state index in [9.17, 15) is 0 Å². The van der Waals surface area contributed by atoms with E-state index in [0.29, 0.717) is 6.54 Å². The third-order valence-corrected chi connectivity index (χ3v) is 3.59. The Labute approximate surface area is 109 Å². The molecule has 1 heterocycles. The molecule has 3 nitrogen and oxygen atoms in total. The molecule has 1 aromatic carbocycles. The van der Waals surface area contributed by atoms with E-state index in [0.717, 1.165) is 24.2 Å². The number of fused-ring (bicyclic) bond motifs is 1. The van der Waals surface area contributed by atoms with Crippen LogP contribution in [0.5, 0.6) is 0 Å². The van der Waals surface area contributed by atoms with Gasteiger partial charge in [0.2, 0.25) is 0 Å². The minimum Gasteiger partial charge on any atom is -0.331 e. The van der Waals surface area contributed by atoms with Gasteiger partial charge in [0.25, 0.3) is 0 Å². The molecule has 0 aliphatic heterocycles. The van der Waals surface area contributed by atoms with Gasteiger partial charge in [-0.15, -0.1) is 0 Å². The highest BCUT2D eigenvalue weighted by atomic mass is 15.1. The molecule has 3 heteroatoms. The van der Waals surface area contributed by atoms with Crippen LogP contribution in [0.15, 0.2) is 18.2 Å². The van der Waals surface area contributed by atoms with E-state index in [-0.39, 0.29) is 5.41 Å². The third-order valence-electron chi connectivity index (χ3n) is 3.59. The van der Waals surface area contributed by atoms with Gasteiger partial charge in [-0.2, -0.15) is 0 Å². The Kier molecular flexibility index (Phi) is 3.44. The summed E-state index contributed by atoms with van der Waals surface area (Å²) in [4.78, 5) is 4.68. The number of hydrogen-bond donors (Lipinski definition) is 1. The summed E-state index contributed by atoms with van der Waals surface area (Å²) < 4.78 is 2.17. The van der Waals surface area contributed by atoms with E-state index in [4.69, 9.17) is 5.73 Å². The van der Waals surface area contributed by atoms with Gasteiger partial charge in [-0.05, 0) is 36.1 Å². The summed E-state index contributed by atoms with van der Waals surface area (Å²) >= 11 is 0. The van der Waals surface area contributed by atoms with Gasteiger partial charge in [-0.3, -0.25) is 0 Å². The fourth-order valence-electron chi connectivity index (χ4n) is 2.35. The number of hydrogen-bond acceptors (Lipinski definition) is 2. The van der Waals surface area contributed by atoms with E-state index in [2.05, 4.69) is 55.6 Å². The van der Waals surface area contributed by atoms with E-state index < -0.39 is 0 Å². The monoisotopic (exact) mass is 245 g/mol. The second kappa shape index (κ2) is 4.73. The Bertz CT molecular complexity index is 552. The average molecular weight is 245 g/mol. The molecule has 0 saturated carbocycles. The second-order valence-electron chi connectivity index (χ2n) is 5.81.